The zero-order valence-corrected chi connectivity index (χ0v) is 20.1. The second-order valence-electron chi connectivity index (χ2n) is 7.43. The van der Waals surface area contributed by atoms with Gasteiger partial charge in [0.1, 0.15) is 0 Å². The van der Waals surface area contributed by atoms with Gasteiger partial charge >= 0.3 is 30.7 Å². The van der Waals surface area contributed by atoms with Gasteiger partial charge in [0.05, 0.1) is 63.8 Å². The molecule has 0 spiro atoms. The lowest BCUT2D eigenvalue weighted by Crippen LogP contribution is -2.25. The second-order valence-corrected chi connectivity index (χ2v) is 7.43. The molecule has 0 fully saturated rings. The highest BCUT2D eigenvalue weighted by Gasteiger charge is 2.42. The third-order valence-corrected chi connectivity index (χ3v) is 4.64. The summed E-state index contributed by atoms with van der Waals surface area (Å²) in [5, 5.41) is 17.1. The molecule has 226 valence electrons. The van der Waals surface area contributed by atoms with E-state index in [9.17, 15) is 62.3 Å². The lowest BCUT2D eigenvalue weighted by molar-refractivity contribution is -0.141. The van der Waals surface area contributed by atoms with Crippen LogP contribution in [0.1, 0.15) is 54.1 Å². The van der Waals surface area contributed by atoms with Crippen molar-refractivity contribution in [2.24, 2.45) is 16.5 Å². The van der Waals surface area contributed by atoms with Crippen LogP contribution in [0.3, 0.4) is 0 Å². The van der Waals surface area contributed by atoms with Crippen LogP contribution in [0.5, 0.6) is 0 Å². The van der Waals surface area contributed by atoms with Crippen LogP contribution in [0, 0.1) is 22.7 Å². The summed E-state index contributed by atoms with van der Waals surface area (Å²) in [6.07, 6.45) is -20.5. The molecule has 0 aliphatic heterocycles. The van der Waals surface area contributed by atoms with E-state index in [2.05, 4.69) is 9.73 Å². The summed E-state index contributed by atoms with van der Waals surface area (Å²) >= 11 is 0. The van der Waals surface area contributed by atoms with Gasteiger partial charge in [-0.25, -0.2) is 4.79 Å². The van der Waals surface area contributed by atoms with Crippen LogP contribution in [0.15, 0.2) is 29.3 Å². The number of guanidine groups is 1. The van der Waals surface area contributed by atoms with E-state index in [1.54, 1.807) is 0 Å². The average Bonchev–Trinajstić information content (AvgIpc) is 2.84. The SMILES string of the molecule is COC(=O)c1cc(C(F)(F)F)c(C#N)cc1C(F)(F)F.N#Cc1cc(C(F)(F)F)c(C(=O)N=C(N)N)cc1C(F)(F)F. The number of carbonyl (C=O) groups is 2. The van der Waals surface area contributed by atoms with Gasteiger partial charge in [-0.15, -0.1) is 0 Å². The van der Waals surface area contributed by atoms with E-state index in [1.165, 1.54) is 0 Å². The number of alkyl halides is 12. The van der Waals surface area contributed by atoms with Crippen molar-refractivity contribution >= 4 is 17.8 Å². The summed E-state index contributed by atoms with van der Waals surface area (Å²) < 4.78 is 157. The maximum atomic E-state index is 12.8. The fraction of sp³-hybridized carbons (Fsp3) is 0.227. The first-order valence-electron chi connectivity index (χ1n) is 10.1. The fourth-order valence-corrected chi connectivity index (χ4v) is 2.96. The molecular weight excluding hydrogens is 610 g/mol. The number of amides is 1. The van der Waals surface area contributed by atoms with Crippen LogP contribution >= 0.6 is 0 Å². The lowest BCUT2D eigenvalue weighted by Gasteiger charge is -2.15. The molecule has 0 aromatic heterocycles. The maximum absolute atomic E-state index is 12.8. The van der Waals surface area contributed by atoms with Gasteiger partial charge in [-0.3, -0.25) is 4.79 Å². The van der Waals surface area contributed by atoms with Gasteiger partial charge in [-0.2, -0.15) is 68.2 Å². The van der Waals surface area contributed by atoms with Gasteiger partial charge in [-0.05, 0) is 24.3 Å². The Morgan fingerprint density at radius 3 is 1.29 bits per heavy atom. The average molecular weight is 621 g/mol. The molecule has 0 radical (unpaired) electrons. The van der Waals surface area contributed by atoms with E-state index in [4.69, 9.17) is 22.0 Å². The van der Waals surface area contributed by atoms with Crippen LogP contribution in [-0.4, -0.2) is 24.9 Å². The first-order valence-corrected chi connectivity index (χ1v) is 10.1. The van der Waals surface area contributed by atoms with Crippen LogP contribution in [0.4, 0.5) is 52.7 Å². The Hall–Kier alpha value is -5.01. The molecule has 0 bridgehead atoms. The van der Waals surface area contributed by atoms with E-state index in [0.717, 1.165) is 19.2 Å². The summed E-state index contributed by atoms with van der Waals surface area (Å²) in [6, 6.07) is 1.81. The number of nitrogens with two attached hydrogens (primary N) is 2. The Kier molecular flexibility index (Phi) is 10.2. The number of rotatable bonds is 2. The molecule has 8 nitrogen and oxygen atoms in total. The standard InChI is InChI=1S/C11H6F6N4O.C11H5F6NO2/c12-10(13,14)6-2-5(8(22)21-9(19)20)7(11(15,16)17)1-4(6)3-18;1-20-9(19)6-3-7(10(12,13)14)5(4-18)2-8(6)11(15,16)17/h1-2H,(H4,19,20,21,22);2-3H,1H3. The van der Waals surface area contributed by atoms with Crippen molar-refractivity contribution in [1.82, 2.24) is 0 Å². The van der Waals surface area contributed by atoms with Gasteiger partial charge in [-0.1, -0.05) is 0 Å². The van der Waals surface area contributed by atoms with E-state index < -0.39 is 87.0 Å². The molecule has 20 heteroatoms. The molecule has 0 unspecified atom stereocenters. The highest BCUT2D eigenvalue weighted by Crippen LogP contribution is 2.40. The molecule has 1 amide bonds. The van der Waals surface area contributed by atoms with Gasteiger partial charge < -0.3 is 16.2 Å². The molecule has 0 heterocycles. The van der Waals surface area contributed by atoms with Gasteiger partial charge in [0.25, 0.3) is 5.91 Å². The minimum Gasteiger partial charge on any atom is -0.465 e. The molecule has 2 aromatic carbocycles. The first kappa shape index (κ1) is 35.0. The molecule has 4 N–H and O–H groups in total. The van der Waals surface area contributed by atoms with E-state index in [1.807, 2.05) is 0 Å². The number of ether oxygens (including phenoxy) is 1. The van der Waals surface area contributed by atoms with Crippen molar-refractivity contribution in [1.29, 1.82) is 10.5 Å². The Morgan fingerprint density at radius 1 is 0.667 bits per heavy atom. The van der Waals surface area contributed by atoms with E-state index >= 15 is 0 Å². The smallest absolute Gasteiger partial charge is 0.417 e. The topological polar surface area (TPSA) is 155 Å². The second kappa shape index (κ2) is 12.2. The van der Waals surface area contributed by atoms with Gasteiger partial charge in [0.15, 0.2) is 5.96 Å². The molecule has 0 saturated carbocycles. The van der Waals surface area contributed by atoms with Crippen molar-refractivity contribution in [3.63, 3.8) is 0 Å². The summed E-state index contributed by atoms with van der Waals surface area (Å²) in [7, 11) is 0.730. The summed E-state index contributed by atoms with van der Waals surface area (Å²) in [5.74, 6) is -4.20. The number of nitrogens with zero attached hydrogens (tertiary/aromatic N) is 3. The fourth-order valence-electron chi connectivity index (χ4n) is 2.96. The Balaban J connectivity index is 0.000000422. The van der Waals surface area contributed by atoms with Gasteiger partial charge in [0.2, 0.25) is 0 Å². The van der Waals surface area contributed by atoms with Crippen LogP contribution in [0.2, 0.25) is 0 Å². The molecule has 2 rings (SSSR count). The molecule has 0 aliphatic carbocycles. The van der Waals surface area contributed by atoms with Crippen molar-refractivity contribution in [3.8, 4) is 12.1 Å². The Bertz CT molecular complexity index is 1490. The highest BCUT2D eigenvalue weighted by atomic mass is 19.4. The largest absolute Gasteiger partial charge is 0.465 e. The van der Waals surface area contributed by atoms with Crippen molar-refractivity contribution in [3.05, 3.63) is 68.8 Å². The normalized spacial score (nSPS) is 11.8. The zero-order valence-electron chi connectivity index (χ0n) is 20.1. The van der Waals surface area contributed by atoms with Crippen molar-refractivity contribution in [2.75, 3.05) is 7.11 Å². The van der Waals surface area contributed by atoms with Gasteiger partial charge in [0, 0.05) is 0 Å². The number of aliphatic imine (C=N–C) groups is 1. The van der Waals surface area contributed by atoms with Crippen molar-refractivity contribution in [2.45, 2.75) is 24.7 Å². The number of benzene rings is 2. The molecular formula is C22H11F12N5O3. The molecule has 42 heavy (non-hydrogen) atoms. The summed E-state index contributed by atoms with van der Waals surface area (Å²) in [6.45, 7) is 0. The quantitative estimate of drug-likeness (QED) is 0.197. The number of halogens is 12. The number of nitriles is 2. The zero-order chi connectivity index (χ0) is 33.0. The molecule has 2 aromatic rings. The van der Waals surface area contributed by atoms with E-state index in [-0.39, 0.29) is 24.3 Å². The monoisotopic (exact) mass is 621 g/mol. The minimum absolute atomic E-state index is 0.0188. The Morgan fingerprint density at radius 2 is 1.00 bits per heavy atom. The minimum atomic E-state index is -5.18. The summed E-state index contributed by atoms with van der Waals surface area (Å²) in [5.41, 5.74) is -2.30. The number of hydrogen-bond donors (Lipinski definition) is 2. The highest BCUT2D eigenvalue weighted by molar-refractivity contribution is 6.03. The predicted molar refractivity (Wildman–Crippen MR) is 114 cm³/mol. The number of hydrogen-bond acceptors (Lipinski definition) is 5. The van der Waals surface area contributed by atoms with E-state index in [0.29, 0.717) is 0 Å². The van der Waals surface area contributed by atoms with Crippen molar-refractivity contribution < 1.29 is 67.0 Å². The number of esters is 1. The molecule has 0 atom stereocenters. The molecule has 0 saturated heterocycles. The molecule has 0 aliphatic rings. The lowest BCUT2D eigenvalue weighted by atomic mass is 9.97. The maximum Gasteiger partial charge on any atom is 0.417 e. The van der Waals surface area contributed by atoms with Crippen LogP contribution < -0.4 is 11.5 Å². The third-order valence-electron chi connectivity index (χ3n) is 4.64. The number of carbonyl (C=O) groups excluding carboxylic acids is 2. The number of methoxy groups -OCH3 is 1. The van der Waals surface area contributed by atoms with Crippen LogP contribution in [-0.2, 0) is 29.4 Å². The summed E-state index contributed by atoms with van der Waals surface area (Å²) in [4.78, 5) is 25.5. The third kappa shape index (κ3) is 8.49. The first-order chi connectivity index (χ1) is 18.9. The predicted octanol–water partition coefficient (Wildman–Crippen LogP) is 5.39. The Labute approximate surface area is 225 Å². The van der Waals surface area contributed by atoms with Crippen LogP contribution in [0.25, 0.3) is 0 Å².